The molecule has 3 aliphatic rings. The number of piperidine rings is 1. The largest absolute Gasteiger partial charge is 0.493 e. The highest BCUT2D eigenvalue weighted by Crippen LogP contribution is 2.45. The molecular weight excluding hydrogens is 576 g/mol. The number of alkyl halides is 3. The molecule has 0 unspecified atom stereocenters. The zero-order chi connectivity index (χ0) is 28.9. The van der Waals surface area contributed by atoms with Gasteiger partial charge in [-0.15, -0.1) is 0 Å². The van der Waals surface area contributed by atoms with Crippen LogP contribution in [0.2, 0.25) is 0 Å². The van der Waals surface area contributed by atoms with Gasteiger partial charge in [-0.3, -0.25) is 4.79 Å². The van der Waals surface area contributed by atoms with Crippen LogP contribution in [0.1, 0.15) is 65.9 Å². The third-order valence-corrected chi connectivity index (χ3v) is 11.1. The maximum absolute atomic E-state index is 14.9. The minimum Gasteiger partial charge on any atom is -0.493 e. The van der Waals surface area contributed by atoms with Crippen LogP contribution in [0, 0.1) is 11.7 Å². The minimum absolute atomic E-state index is 0.0571. The van der Waals surface area contributed by atoms with Crippen molar-refractivity contribution in [2.75, 3.05) is 19.7 Å². The van der Waals surface area contributed by atoms with Gasteiger partial charge in [0.1, 0.15) is 11.6 Å². The number of amides is 1. The van der Waals surface area contributed by atoms with Crippen LogP contribution < -0.4 is 9.46 Å². The number of hydrogen-bond acceptors (Lipinski definition) is 6. The van der Waals surface area contributed by atoms with Crippen molar-refractivity contribution in [3.05, 3.63) is 58.9 Å². The van der Waals surface area contributed by atoms with E-state index in [1.807, 2.05) is 4.72 Å². The second kappa shape index (κ2) is 10.6. The topological polar surface area (TPSA) is 110 Å². The first kappa shape index (κ1) is 28.8. The van der Waals surface area contributed by atoms with Crippen molar-refractivity contribution in [2.45, 2.75) is 60.8 Å². The summed E-state index contributed by atoms with van der Waals surface area (Å²) in [5.41, 5.74) is -0.796. The van der Waals surface area contributed by atoms with E-state index in [9.17, 15) is 39.2 Å². The highest BCUT2D eigenvalue weighted by Gasteiger charge is 2.38. The van der Waals surface area contributed by atoms with Crippen molar-refractivity contribution in [3.63, 3.8) is 0 Å². The standard InChI is InChI=1S/C26H28F4N2O6S2/c27-23-14-24(21(17-4-5-17)13-22(23)25(33)31-39(34,35)19-6-7-19)38-15-16-8-10-32(11-9-16)40(36,37)20-3-1-2-18(12-20)26(28,29)30/h1-3,12-14,16-17,19H,4-11,15H2,(H,31,33). The van der Waals surface area contributed by atoms with E-state index < -0.39 is 53.7 Å². The fourth-order valence-electron chi connectivity index (χ4n) is 4.74. The number of rotatable bonds is 9. The first-order chi connectivity index (χ1) is 18.8. The summed E-state index contributed by atoms with van der Waals surface area (Å²) in [7, 11) is -7.96. The monoisotopic (exact) mass is 604 g/mol. The Morgan fingerprint density at radius 2 is 1.65 bits per heavy atom. The molecule has 0 bridgehead atoms. The zero-order valence-electron chi connectivity index (χ0n) is 21.3. The second-order valence-electron chi connectivity index (χ2n) is 10.5. The fraction of sp³-hybridized carbons (Fsp3) is 0.500. The number of carbonyl (C=O) groups is 1. The van der Waals surface area contributed by atoms with Gasteiger partial charge in [0.15, 0.2) is 0 Å². The normalized spacial score (nSPS) is 19.4. The lowest BCUT2D eigenvalue weighted by Gasteiger charge is -2.31. The molecule has 0 aromatic heterocycles. The predicted molar refractivity (Wildman–Crippen MR) is 136 cm³/mol. The van der Waals surface area contributed by atoms with Crippen molar-refractivity contribution in [2.24, 2.45) is 5.92 Å². The number of carbonyl (C=O) groups excluding carboxylic acids is 1. The molecule has 1 N–H and O–H groups in total. The lowest BCUT2D eigenvalue weighted by molar-refractivity contribution is -0.137. The molecule has 5 rings (SSSR count). The number of ether oxygens (including phenoxy) is 1. The summed E-state index contributed by atoms with van der Waals surface area (Å²) in [4.78, 5) is 12.1. The third kappa shape index (κ3) is 6.28. The van der Waals surface area contributed by atoms with Crippen LogP contribution in [0.5, 0.6) is 5.75 Å². The van der Waals surface area contributed by atoms with Crippen LogP contribution in [-0.4, -0.2) is 52.0 Å². The molecule has 1 amide bonds. The number of sulfonamides is 2. The quantitative estimate of drug-likeness (QED) is 0.425. The van der Waals surface area contributed by atoms with Crippen LogP contribution in [0.4, 0.5) is 17.6 Å². The van der Waals surface area contributed by atoms with Gasteiger partial charge in [-0.25, -0.2) is 25.9 Å². The van der Waals surface area contributed by atoms with Crippen LogP contribution in [0.25, 0.3) is 0 Å². The molecular formula is C26H28F4N2O6S2. The Labute approximate surface area is 229 Å². The van der Waals surface area contributed by atoms with Gasteiger partial charge >= 0.3 is 6.18 Å². The summed E-state index contributed by atoms with van der Waals surface area (Å²) in [6.45, 7) is 0.328. The van der Waals surface area contributed by atoms with Crippen LogP contribution in [-0.2, 0) is 26.2 Å². The minimum atomic E-state index is -4.66. The molecule has 0 spiro atoms. The van der Waals surface area contributed by atoms with Gasteiger partial charge in [-0.1, -0.05) is 6.07 Å². The third-order valence-electron chi connectivity index (χ3n) is 7.41. The van der Waals surface area contributed by atoms with Crippen molar-refractivity contribution < 1.29 is 43.9 Å². The van der Waals surface area contributed by atoms with E-state index in [4.69, 9.17) is 4.74 Å². The fourth-order valence-corrected chi connectivity index (χ4v) is 7.54. The molecule has 0 atom stereocenters. The van der Waals surface area contributed by atoms with Gasteiger partial charge in [0.25, 0.3) is 5.91 Å². The molecule has 8 nitrogen and oxygen atoms in total. The molecule has 3 fully saturated rings. The predicted octanol–water partition coefficient (Wildman–Crippen LogP) is 4.42. The van der Waals surface area contributed by atoms with Crippen molar-refractivity contribution in [1.29, 1.82) is 0 Å². The van der Waals surface area contributed by atoms with E-state index in [1.165, 1.54) is 6.07 Å². The number of nitrogens with zero attached hydrogens (tertiary/aromatic N) is 1. The molecule has 2 aromatic rings. The summed E-state index contributed by atoms with van der Waals surface area (Å²) >= 11 is 0. The summed E-state index contributed by atoms with van der Waals surface area (Å²) in [5, 5.41) is -0.628. The number of benzene rings is 2. The first-order valence-corrected chi connectivity index (χ1v) is 15.9. The molecule has 2 aliphatic carbocycles. The second-order valence-corrected chi connectivity index (χ2v) is 14.4. The summed E-state index contributed by atoms with van der Waals surface area (Å²) in [6.07, 6.45) is -1.34. The Morgan fingerprint density at radius 3 is 2.25 bits per heavy atom. The number of hydrogen-bond donors (Lipinski definition) is 1. The maximum Gasteiger partial charge on any atom is 0.416 e. The van der Waals surface area contributed by atoms with E-state index in [0.29, 0.717) is 37.3 Å². The van der Waals surface area contributed by atoms with Crippen LogP contribution in [0.3, 0.4) is 0 Å². The van der Waals surface area contributed by atoms with Crippen LogP contribution >= 0.6 is 0 Å². The van der Waals surface area contributed by atoms with Gasteiger partial charge < -0.3 is 4.74 Å². The smallest absolute Gasteiger partial charge is 0.416 e. The first-order valence-electron chi connectivity index (χ1n) is 13.0. The van der Waals surface area contributed by atoms with Crippen molar-refractivity contribution >= 4 is 26.0 Å². The molecule has 218 valence electrons. The highest BCUT2D eigenvalue weighted by molar-refractivity contribution is 7.91. The SMILES string of the molecule is O=C(NS(=O)(=O)C1CC1)c1cc(C2CC2)c(OCC2CCN(S(=O)(=O)c3cccc(C(F)(F)F)c3)CC2)cc1F. The summed E-state index contributed by atoms with van der Waals surface area (Å²) < 4.78 is 113. The highest BCUT2D eigenvalue weighted by atomic mass is 32.2. The molecule has 2 saturated carbocycles. The Morgan fingerprint density at radius 1 is 0.975 bits per heavy atom. The number of halogens is 4. The van der Waals surface area contributed by atoms with E-state index in [1.54, 1.807) is 0 Å². The van der Waals surface area contributed by atoms with Gasteiger partial charge in [0.2, 0.25) is 20.0 Å². The van der Waals surface area contributed by atoms with Gasteiger partial charge in [-0.2, -0.15) is 17.5 Å². The molecule has 40 heavy (non-hydrogen) atoms. The zero-order valence-corrected chi connectivity index (χ0v) is 22.9. The molecule has 1 saturated heterocycles. The van der Waals surface area contributed by atoms with E-state index in [2.05, 4.69) is 0 Å². The van der Waals surface area contributed by atoms with Gasteiger partial charge in [0, 0.05) is 19.2 Å². The average Bonchev–Trinajstić information content (AvgIpc) is 3.80. The Bertz CT molecular complexity index is 1510. The van der Waals surface area contributed by atoms with Crippen molar-refractivity contribution in [3.8, 4) is 5.75 Å². The van der Waals surface area contributed by atoms with E-state index >= 15 is 0 Å². The van der Waals surface area contributed by atoms with Crippen LogP contribution in [0.15, 0.2) is 41.3 Å². The summed E-state index contributed by atoms with van der Waals surface area (Å²) in [5.74, 6) is -1.71. The summed E-state index contributed by atoms with van der Waals surface area (Å²) in [6, 6.07) is 6.07. The van der Waals surface area contributed by atoms with E-state index in [0.717, 1.165) is 41.4 Å². The lowest BCUT2D eigenvalue weighted by Crippen LogP contribution is -2.39. The lowest BCUT2D eigenvalue weighted by atomic mass is 9.99. The molecule has 0 radical (unpaired) electrons. The Kier molecular flexibility index (Phi) is 7.64. The molecule has 2 aromatic carbocycles. The Balaban J connectivity index is 1.22. The molecule has 1 heterocycles. The van der Waals surface area contributed by atoms with Gasteiger partial charge in [-0.05, 0) is 80.2 Å². The van der Waals surface area contributed by atoms with Gasteiger partial charge in [0.05, 0.1) is 27.9 Å². The average molecular weight is 605 g/mol. The Hall–Kier alpha value is -2.71. The van der Waals surface area contributed by atoms with E-state index in [-0.39, 0.29) is 42.8 Å². The van der Waals surface area contributed by atoms with Crippen molar-refractivity contribution in [1.82, 2.24) is 9.03 Å². The number of nitrogens with one attached hydrogen (secondary N) is 1. The molecule has 14 heteroatoms. The maximum atomic E-state index is 14.9. The molecule has 1 aliphatic heterocycles.